The minimum absolute atomic E-state index is 0.0131. The lowest BCUT2D eigenvalue weighted by molar-refractivity contribution is -0.125. The Balaban J connectivity index is 0.000000242. The number of aryl methyl sites for hydroxylation is 2. The van der Waals surface area contributed by atoms with Crippen LogP contribution in [0.2, 0.25) is 0 Å². The van der Waals surface area contributed by atoms with E-state index in [4.69, 9.17) is 5.84 Å². The zero-order chi connectivity index (χ0) is 31.4. The van der Waals surface area contributed by atoms with Crippen molar-refractivity contribution in [1.82, 2.24) is 14.6 Å². The number of azo groups is 2. The Bertz CT molecular complexity index is 1640. The molecule has 2 heterocycles. The van der Waals surface area contributed by atoms with E-state index >= 15 is 0 Å². The highest BCUT2D eigenvalue weighted by molar-refractivity contribution is 5.96. The Labute approximate surface area is 249 Å². The van der Waals surface area contributed by atoms with Gasteiger partial charge < -0.3 is 19.3 Å². The van der Waals surface area contributed by atoms with E-state index in [-0.39, 0.29) is 36.2 Å². The van der Waals surface area contributed by atoms with E-state index in [1.54, 1.807) is 4.57 Å². The lowest BCUT2D eigenvalue weighted by Gasteiger charge is -2.05. The summed E-state index contributed by atoms with van der Waals surface area (Å²) in [5.74, 6) is 3.62. The van der Waals surface area contributed by atoms with Crippen LogP contribution in [0.25, 0.3) is 21.8 Å². The molecule has 0 radical (unpaired) electrons. The second-order valence-corrected chi connectivity index (χ2v) is 9.77. The number of nitrogens with two attached hydrogens (primary N) is 1. The van der Waals surface area contributed by atoms with Gasteiger partial charge in [0.1, 0.15) is 0 Å². The Morgan fingerprint density at radius 1 is 0.767 bits per heavy atom. The number of nitrogens with one attached hydrogen (secondary N) is 1. The lowest BCUT2D eigenvalue weighted by atomic mass is 10.2. The third kappa shape index (κ3) is 8.32. The van der Waals surface area contributed by atoms with Crippen molar-refractivity contribution in [2.75, 3.05) is 0 Å². The van der Waals surface area contributed by atoms with E-state index in [1.807, 2.05) is 58.5 Å². The molecule has 43 heavy (non-hydrogen) atoms. The third-order valence-corrected chi connectivity index (χ3v) is 6.58. The molecule has 13 nitrogen and oxygen atoms in total. The van der Waals surface area contributed by atoms with Gasteiger partial charge in [-0.1, -0.05) is 63.1 Å². The fourth-order valence-electron chi connectivity index (χ4n) is 4.39. The minimum Gasteiger partial charge on any atom is -0.493 e. The Hall–Kier alpha value is -4.91. The van der Waals surface area contributed by atoms with Crippen molar-refractivity contribution >= 4 is 50.9 Å². The van der Waals surface area contributed by atoms with E-state index in [9.17, 15) is 24.6 Å². The van der Waals surface area contributed by atoms with Gasteiger partial charge in [-0.2, -0.15) is 0 Å². The van der Waals surface area contributed by atoms with Gasteiger partial charge in [-0.15, -0.1) is 20.5 Å². The lowest BCUT2D eigenvalue weighted by Crippen LogP contribution is -2.30. The van der Waals surface area contributed by atoms with Crippen LogP contribution in [0, 0.1) is 0 Å². The highest BCUT2D eigenvalue weighted by atomic mass is 16.3. The summed E-state index contributed by atoms with van der Waals surface area (Å²) >= 11 is 0. The number of hydrogen-bond donors (Lipinski definition) is 4. The maximum atomic E-state index is 11.7. The van der Waals surface area contributed by atoms with Crippen LogP contribution >= 0.6 is 0 Å². The summed E-state index contributed by atoms with van der Waals surface area (Å²) in [5.41, 5.74) is 4.32. The maximum Gasteiger partial charge on any atom is 0.265 e. The summed E-state index contributed by atoms with van der Waals surface area (Å²) in [6.45, 7) is 6.87. The average Bonchev–Trinajstić information content (AvgIpc) is 3.44. The van der Waals surface area contributed by atoms with Gasteiger partial charge >= 0.3 is 0 Å². The van der Waals surface area contributed by atoms with E-state index in [0.29, 0.717) is 12.2 Å². The van der Waals surface area contributed by atoms with Crippen molar-refractivity contribution in [3.05, 3.63) is 48.5 Å². The summed E-state index contributed by atoms with van der Waals surface area (Å²) < 4.78 is 3.58. The van der Waals surface area contributed by atoms with Crippen LogP contribution in [0.4, 0.5) is 11.4 Å². The Morgan fingerprint density at radius 2 is 1.23 bits per heavy atom. The number of amides is 3. The number of aromatic hydroxyl groups is 2. The fourth-order valence-corrected chi connectivity index (χ4v) is 4.39. The molecule has 0 atom stereocenters. The zero-order valence-corrected chi connectivity index (χ0v) is 24.7. The number of carbonyl (C=O) groups is 3. The molecule has 0 unspecified atom stereocenters. The summed E-state index contributed by atoms with van der Waals surface area (Å²) in [4.78, 5) is 33.6. The van der Waals surface area contributed by atoms with Crippen molar-refractivity contribution in [3.63, 3.8) is 0 Å². The van der Waals surface area contributed by atoms with Crippen LogP contribution in [0.5, 0.6) is 11.8 Å². The summed E-state index contributed by atoms with van der Waals surface area (Å²) in [6.07, 6.45) is 3.76. The van der Waals surface area contributed by atoms with Gasteiger partial charge in [-0.3, -0.25) is 19.8 Å². The smallest absolute Gasteiger partial charge is 0.265 e. The quantitative estimate of drug-likeness (QED) is 0.0685. The monoisotopic (exact) mass is 590 g/mol. The van der Waals surface area contributed by atoms with Crippen molar-refractivity contribution < 1.29 is 24.6 Å². The predicted molar refractivity (Wildman–Crippen MR) is 163 cm³/mol. The van der Waals surface area contributed by atoms with E-state index in [1.165, 1.54) is 6.92 Å². The molecular formula is C30H38N8O5. The van der Waals surface area contributed by atoms with Crippen LogP contribution in [0.15, 0.2) is 69.0 Å². The molecule has 2 aromatic carbocycles. The number of benzene rings is 2. The van der Waals surface area contributed by atoms with Crippen LogP contribution in [0.3, 0.4) is 0 Å². The minimum atomic E-state index is -0.552. The molecule has 4 rings (SSSR count). The second kappa shape index (κ2) is 15.9. The van der Waals surface area contributed by atoms with Crippen molar-refractivity contribution in [1.29, 1.82) is 0 Å². The number of unbranched alkanes of at least 4 members (excludes halogenated alkanes) is 2. The SMILES string of the molecule is CCCCn1c(O)c(N=NC(=O)CCC(=O)NN)c2ccccc21.CCCCn1c(O)c(N=NC(C)=O)c2ccccc21. The van der Waals surface area contributed by atoms with Crippen LogP contribution in [-0.2, 0) is 27.5 Å². The Kier molecular flexibility index (Phi) is 12.1. The molecule has 0 bridgehead atoms. The number of para-hydroxylation sites is 2. The summed E-state index contributed by atoms with van der Waals surface area (Å²) in [7, 11) is 0. The number of carbonyl (C=O) groups excluding carboxylic acids is 3. The van der Waals surface area contributed by atoms with Gasteiger partial charge in [-0.25, -0.2) is 5.84 Å². The zero-order valence-electron chi connectivity index (χ0n) is 24.7. The molecule has 0 aliphatic carbocycles. The standard InChI is InChI=1S/C16H21N5O3.C14H17N3O2/c1-2-3-10-21-12-7-5-4-6-11(12)15(16(21)24)20-19-14(23)9-8-13(22)18-17;1-3-4-9-17-12-8-6-5-7-11(12)13(14(17)19)16-15-10(2)18/h4-7,24H,2-3,8-10,17H2,1H3,(H,18,22);5-8,19H,3-4,9H2,1-2H3. The van der Waals surface area contributed by atoms with Gasteiger partial charge in [0, 0.05) is 43.6 Å². The molecule has 0 aliphatic rings. The number of aromatic nitrogens is 2. The first-order valence-electron chi connectivity index (χ1n) is 14.2. The largest absolute Gasteiger partial charge is 0.493 e. The van der Waals surface area contributed by atoms with Crippen LogP contribution in [-0.4, -0.2) is 37.1 Å². The molecule has 0 aliphatic heterocycles. The topological polar surface area (TPSA) is 189 Å². The molecule has 2 aromatic heterocycles. The number of hydrogen-bond acceptors (Lipinski definition) is 8. The Morgan fingerprint density at radius 3 is 1.67 bits per heavy atom. The van der Waals surface area contributed by atoms with Crippen molar-refractivity contribution in [2.45, 2.75) is 72.4 Å². The first-order valence-corrected chi connectivity index (χ1v) is 14.2. The highest BCUT2D eigenvalue weighted by Crippen LogP contribution is 2.40. The number of hydrazine groups is 1. The van der Waals surface area contributed by atoms with Gasteiger partial charge in [0.2, 0.25) is 17.7 Å². The fraction of sp³-hybridized carbons (Fsp3) is 0.367. The molecule has 0 saturated carbocycles. The molecule has 0 spiro atoms. The molecular weight excluding hydrogens is 552 g/mol. The number of fused-ring (bicyclic) bond motifs is 2. The summed E-state index contributed by atoms with van der Waals surface area (Å²) in [5, 5.41) is 37.1. The third-order valence-electron chi connectivity index (χ3n) is 6.58. The van der Waals surface area contributed by atoms with Gasteiger partial charge in [-0.05, 0) is 25.0 Å². The van der Waals surface area contributed by atoms with Gasteiger partial charge in [0.15, 0.2) is 11.4 Å². The number of rotatable bonds is 11. The molecule has 4 aromatic rings. The molecule has 228 valence electrons. The van der Waals surface area contributed by atoms with Crippen LogP contribution in [0.1, 0.15) is 59.3 Å². The molecule has 3 amide bonds. The van der Waals surface area contributed by atoms with Crippen molar-refractivity contribution in [2.24, 2.45) is 26.3 Å². The van der Waals surface area contributed by atoms with E-state index in [2.05, 4.69) is 34.3 Å². The number of nitrogens with zero attached hydrogens (tertiary/aromatic N) is 6. The van der Waals surface area contributed by atoms with Gasteiger partial charge in [0.05, 0.1) is 11.0 Å². The van der Waals surface area contributed by atoms with Gasteiger partial charge in [0.25, 0.3) is 11.8 Å². The van der Waals surface area contributed by atoms with Crippen molar-refractivity contribution in [3.8, 4) is 11.8 Å². The maximum absolute atomic E-state index is 11.7. The first-order chi connectivity index (χ1) is 20.7. The molecule has 5 N–H and O–H groups in total. The summed E-state index contributed by atoms with van der Waals surface area (Å²) in [6, 6.07) is 15.0. The molecule has 0 fully saturated rings. The molecule has 13 heteroatoms. The molecule has 0 saturated heterocycles. The second-order valence-electron chi connectivity index (χ2n) is 9.77. The predicted octanol–water partition coefficient (Wildman–Crippen LogP) is 6.30. The van der Waals surface area contributed by atoms with E-state index < -0.39 is 11.8 Å². The normalized spacial score (nSPS) is 11.3. The highest BCUT2D eigenvalue weighted by Gasteiger charge is 2.17. The first kappa shape index (κ1) is 32.6. The van der Waals surface area contributed by atoms with E-state index in [0.717, 1.165) is 54.0 Å². The average molecular weight is 591 g/mol. The van der Waals surface area contributed by atoms with Crippen LogP contribution < -0.4 is 11.3 Å².